The van der Waals surface area contributed by atoms with Gasteiger partial charge >= 0.3 is 0 Å². The molecule has 0 radical (unpaired) electrons. The van der Waals surface area contributed by atoms with E-state index in [9.17, 15) is 14.0 Å². The first kappa shape index (κ1) is 15.0. The fraction of sp³-hybridized carbons (Fsp3) is 0.111. The van der Waals surface area contributed by atoms with E-state index in [0.29, 0.717) is 16.8 Å². The third kappa shape index (κ3) is 2.73. The van der Waals surface area contributed by atoms with Gasteiger partial charge in [0.25, 0.3) is 11.8 Å². The van der Waals surface area contributed by atoms with Gasteiger partial charge in [0.1, 0.15) is 11.5 Å². The van der Waals surface area contributed by atoms with Crippen molar-refractivity contribution < 1.29 is 14.0 Å². The van der Waals surface area contributed by atoms with Crippen molar-refractivity contribution in [3.63, 3.8) is 0 Å². The van der Waals surface area contributed by atoms with Crippen LogP contribution >= 0.6 is 0 Å². The summed E-state index contributed by atoms with van der Waals surface area (Å²) in [6, 6.07) is 13.0. The Morgan fingerprint density at radius 3 is 2.13 bits per heavy atom. The fourth-order valence-corrected chi connectivity index (χ4v) is 2.42. The van der Waals surface area contributed by atoms with Gasteiger partial charge in [-0.2, -0.15) is 0 Å². The standard InChI is InChI=1S/C18H15FN2O2/c1-11-3-5-12(6-4-11)15-16(18(23)21(2)17(15)22)20-14-9-7-13(19)8-10-14/h3-10,20H,1-2H3. The van der Waals surface area contributed by atoms with Crippen LogP contribution in [-0.2, 0) is 9.59 Å². The lowest BCUT2D eigenvalue weighted by atomic mass is 10.0. The number of aryl methyl sites for hydroxylation is 1. The molecule has 5 heteroatoms. The second kappa shape index (κ2) is 5.68. The summed E-state index contributed by atoms with van der Waals surface area (Å²) in [5, 5.41) is 2.94. The van der Waals surface area contributed by atoms with E-state index in [0.717, 1.165) is 10.5 Å². The van der Waals surface area contributed by atoms with Crippen molar-refractivity contribution in [2.24, 2.45) is 0 Å². The van der Waals surface area contributed by atoms with Gasteiger partial charge in [-0.1, -0.05) is 29.8 Å². The number of carbonyl (C=O) groups excluding carboxylic acids is 2. The maximum absolute atomic E-state index is 13.0. The lowest BCUT2D eigenvalue weighted by Crippen LogP contribution is -2.27. The number of nitrogens with one attached hydrogen (secondary N) is 1. The minimum Gasteiger partial charge on any atom is -0.350 e. The van der Waals surface area contributed by atoms with Crippen LogP contribution in [0.1, 0.15) is 11.1 Å². The van der Waals surface area contributed by atoms with Crippen LogP contribution in [0.15, 0.2) is 54.2 Å². The van der Waals surface area contributed by atoms with Crippen LogP contribution in [0.25, 0.3) is 5.57 Å². The number of amides is 2. The van der Waals surface area contributed by atoms with Crippen LogP contribution in [0, 0.1) is 12.7 Å². The summed E-state index contributed by atoms with van der Waals surface area (Å²) in [7, 11) is 1.44. The second-order valence-corrected chi connectivity index (χ2v) is 5.42. The molecule has 4 nitrogen and oxygen atoms in total. The Bertz CT molecular complexity index is 808. The Morgan fingerprint density at radius 1 is 0.913 bits per heavy atom. The van der Waals surface area contributed by atoms with Crippen LogP contribution in [0.2, 0.25) is 0 Å². The van der Waals surface area contributed by atoms with E-state index in [1.165, 1.54) is 31.3 Å². The largest absolute Gasteiger partial charge is 0.350 e. The van der Waals surface area contributed by atoms with Gasteiger partial charge in [-0.3, -0.25) is 14.5 Å². The highest BCUT2D eigenvalue weighted by atomic mass is 19.1. The number of likely N-dealkylation sites (N-methyl/N-ethyl adjacent to an activating group) is 1. The molecule has 0 atom stereocenters. The zero-order valence-electron chi connectivity index (χ0n) is 12.8. The van der Waals surface area contributed by atoms with Crippen molar-refractivity contribution in [2.45, 2.75) is 6.92 Å². The van der Waals surface area contributed by atoms with E-state index in [1.807, 2.05) is 19.1 Å². The van der Waals surface area contributed by atoms with Crippen LogP contribution in [0.5, 0.6) is 0 Å². The number of imide groups is 1. The van der Waals surface area contributed by atoms with E-state index in [1.54, 1.807) is 12.1 Å². The van der Waals surface area contributed by atoms with Gasteiger partial charge in [-0.15, -0.1) is 0 Å². The summed E-state index contributed by atoms with van der Waals surface area (Å²) >= 11 is 0. The van der Waals surface area contributed by atoms with Gasteiger partial charge in [0.05, 0.1) is 5.57 Å². The zero-order chi connectivity index (χ0) is 16.6. The highest BCUT2D eigenvalue weighted by molar-refractivity contribution is 6.36. The molecular formula is C18H15FN2O2. The summed E-state index contributed by atoms with van der Waals surface area (Å²) in [6.45, 7) is 1.95. The minimum atomic E-state index is -0.407. The molecule has 2 aromatic rings. The van der Waals surface area contributed by atoms with Crippen LogP contribution in [0.3, 0.4) is 0 Å². The molecule has 3 rings (SSSR count). The van der Waals surface area contributed by atoms with E-state index in [2.05, 4.69) is 5.32 Å². The second-order valence-electron chi connectivity index (χ2n) is 5.42. The Morgan fingerprint density at radius 2 is 1.52 bits per heavy atom. The van der Waals surface area contributed by atoms with E-state index in [-0.39, 0.29) is 17.4 Å². The third-order valence-corrected chi connectivity index (χ3v) is 3.74. The lowest BCUT2D eigenvalue weighted by Gasteiger charge is -2.08. The normalized spacial score (nSPS) is 14.7. The SMILES string of the molecule is Cc1ccc(C2=C(Nc3ccc(F)cc3)C(=O)N(C)C2=O)cc1. The summed E-state index contributed by atoms with van der Waals surface area (Å²) < 4.78 is 13.0. The molecule has 2 aromatic carbocycles. The molecule has 2 amide bonds. The molecule has 1 aliphatic heterocycles. The topological polar surface area (TPSA) is 49.4 Å². The van der Waals surface area contributed by atoms with Crippen molar-refractivity contribution in [3.05, 3.63) is 71.2 Å². The van der Waals surface area contributed by atoms with Crippen molar-refractivity contribution in [1.29, 1.82) is 0 Å². The Labute approximate surface area is 133 Å². The van der Waals surface area contributed by atoms with Crippen molar-refractivity contribution in [2.75, 3.05) is 12.4 Å². The van der Waals surface area contributed by atoms with Gasteiger partial charge < -0.3 is 5.32 Å². The van der Waals surface area contributed by atoms with Gasteiger partial charge in [-0.05, 0) is 36.8 Å². The molecule has 0 spiro atoms. The summed E-state index contributed by atoms with van der Waals surface area (Å²) in [4.78, 5) is 25.8. The number of carbonyl (C=O) groups is 2. The molecule has 1 heterocycles. The molecule has 0 bridgehead atoms. The molecule has 23 heavy (non-hydrogen) atoms. The molecule has 0 saturated heterocycles. The third-order valence-electron chi connectivity index (χ3n) is 3.74. The van der Waals surface area contributed by atoms with Gasteiger partial charge in [-0.25, -0.2) is 4.39 Å². The van der Waals surface area contributed by atoms with E-state index >= 15 is 0 Å². The van der Waals surface area contributed by atoms with Crippen molar-refractivity contribution >= 4 is 23.1 Å². The number of anilines is 1. The summed E-state index contributed by atoms with van der Waals surface area (Å²) in [5.74, 6) is -1.13. The Balaban J connectivity index is 2.06. The van der Waals surface area contributed by atoms with Crippen LogP contribution in [0.4, 0.5) is 10.1 Å². The van der Waals surface area contributed by atoms with Crippen LogP contribution < -0.4 is 5.32 Å². The van der Waals surface area contributed by atoms with Crippen LogP contribution in [-0.4, -0.2) is 23.8 Å². The predicted molar refractivity (Wildman–Crippen MR) is 85.9 cm³/mol. The first-order chi connectivity index (χ1) is 11.0. The molecule has 0 aromatic heterocycles. The average Bonchev–Trinajstić information content (AvgIpc) is 2.75. The Hall–Kier alpha value is -2.95. The molecular weight excluding hydrogens is 295 g/mol. The summed E-state index contributed by atoms with van der Waals surface area (Å²) in [6.07, 6.45) is 0. The van der Waals surface area contributed by atoms with Gasteiger partial charge in [0.15, 0.2) is 0 Å². The smallest absolute Gasteiger partial charge is 0.277 e. The highest BCUT2D eigenvalue weighted by Crippen LogP contribution is 2.29. The molecule has 1 N–H and O–H groups in total. The maximum Gasteiger partial charge on any atom is 0.277 e. The zero-order valence-corrected chi connectivity index (χ0v) is 12.8. The predicted octanol–water partition coefficient (Wildman–Crippen LogP) is 2.96. The molecule has 116 valence electrons. The lowest BCUT2D eigenvalue weighted by molar-refractivity contribution is -0.135. The molecule has 0 aliphatic carbocycles. The van der Waals surface area contributed by atoms with Crippen molar-refractivity contribution in [1.82, 2.24) is 4.90 Å². The van der Waals surface area contributed by atoms with E-state index < -0.39 is 5.91 Å². The number of benzene rings is 2. The fourth-order valence-electron chi connectivity index (χ4n) is 2.42. The first-order valence-corrected chi connectivity index (χ1v) is 7.13. The minimum absolute atomic E-state index is 0.202. The molecule has 1 aliphatic rings. The molecule has 0 fully saturated rings. The Kier molecular flexibility index (Phi) is 3.70. The summed E-state index contributed by atoms with van der Waals surface area (Å²) in [5.41, 5.74) is 2.80. The maximum atomic E-state index is 13.0. The number of hydrogen-bond donors (Lipinski definition) is 1. The molecule has 0 unspecified atom stereocenters. The first-order valence-electron chi connectivity index (χ1n) is 7.13. The van der Waals surface area contributed by atoms with E-state index in [4.69, 9.17) is 0 Å². The number of nitrogens with zero attached hydrogens (tertiary/aromatic N) is 1. The quantitative estimate of drug-likeness (QED) is 0.887. The number of halogens is 1. The monoisotopic (exact) mass is 310 g/mol. The average molecular weight is 310 g/mol. The van der Waals surface area contributed by atoms with Gasteiger partial charge in [0.2, 0.25) is 0 Å². The van der Waals surface area contributed by atoms with Gasteiger partial charge in [0, 0.05) is 12.7 Å². The highest BCUT2D eigenvalue weighted by Gasteiger charge is 2.36. The number of rotatable bonds is 3. The number of hydrogen-bond acceptors (Lipinski definition) is 3. The molecule has 0 saturated carbocycles. The van der Waals surface area contributed by atoms with Crippen molar-refractivity contribution in [3.8, 4) is 0 Å².